The first-order valence-electron chi connectivity index (χ1n) is 28.9. The Morgan fingerprint density at radius 2 is 0.857 bits per heavy atom. The first kappa shape index (κ1) is 59.4. The highest BCUT2D eigenvalue weighted by atomic mass is 35.5. The number of nitrogens with one attached hydrogen (secondary N) is 3. The summed E-state index contributed by atoms with van der Waals surface area (Å²) < 4.78 is 10.5. The molecule has 70 heavy (non-hydrogen) atoms. The number of rotatable bonds is 7. The highest BCUT2D eigenvalue weighted by Crippen LogP contribution is 2.34. The van der Waals surface area contributed by atoms with Crippen LogP contribution in [-0.4, -0.2) is 187 Å². The van der Waals surface area contributed by atoms with E-state index in [9.17, 15) is 14.7 Å². The van der Waals surface area contributed by atoms with Gasteiger partial charge in [0, 0.05) is 69.0 Å². The van der Waals surface area contributed by atoms with Gasteiger partial charge < -0.3 is 60.8 Å². The van der Waals surface area contributed by atoms with Crippen LogP contribution in [0.3, 0.4) is 0 Å². The fraction of sp³-hybridized carbons (Fsp3) is 0.964. The van der Waals surface area contributed by atoms with Gasteiger partial charge in [0.15, 0.2) is 0 Å². The third-order valence-corrected chi connectivity index (χ3v) is 16.9. The second-order valence-electron chi connectivity index (χ2n) is 24.7. The summed E-state index contributed by atoms with van der Waals surface area (Å²) >= 11 is 0. The van der Waals surface area contributed by atoms with Crippen LogP contribution in [0.4, 0.5) is 9.59 Å². The summed E-state index contributed by atoms with van der Waals surface area (Å²) in [6, 6.07) is 3.47. The molecule has 9 rings (SSSR count). The maximum Gasteiger partial charge on any atom is 0.407 e. The number of nitrogens with two attached hydrogens (primary N) is 1. The average molecular weight is 1010 g/mol. The summed E-state index contributed by atoms with van der Waals surface area (Å²) in [4.78, 5) is 36.8. The van der Waals surface area contributed by atoms with Gasteiger partial charge in [0.1, 0.15) is 11.2 Å². The normalized spacial score (nSPS) is 30.3. The number of ether oxygens (including phenoxy) is 2. The molecule has 0 radical (unpaired) electrons. The molecule has 0 aromatic heterocycles. The van der Waals surface area contributed by atoms with Gasteiger partial charge in [0.05, 0.1) is 0 Å². The summed E-state index contributed by atoms with van der Waals surface area (Å²) in [5.41, 5.74) is 5.18. The van der Waals surface area contributed by atoms with E-state index < -0.39 is 11.2 Å². The van der Waals surface area contributed by atoms with Crippen molar-refractivity contribution in [3.8, 4) is 0 Å². The van der Waals surface area contributed by atoms with Crippen molar-refractivity contribution in [2.24, 2.45) is 23.5 Å². The molecule has 9 heterocycles. The third kappa shape index (κ3) is 20.7. The number of amides is 2. The molecule has 9 fully saturated rings. The van der Waals surface area contributed by atoms with Crippen LogP contribution in [-0.2, 0) is 9.47 Å². The van der Waals surface area contributed by atoms with E-state index >= 15 is 0 Å². The Bertz CT molecular complexity index is 1450. The molecule has 14 nitrogen and oxygen atoms in total. The van der Waals surface area contributed by atoms with Gasteiger partial charge in [0.25, 0.3) is 0 Å². The number of carbonyl (C=O) groups is 2. The highest BCUT2D eigenvalue weighted by molar-refractivity contribution is 5.85. The fourth-order valence-electron chi connectivity index (χ4n) is 13.3. The monoisotopic (exact) mass is 1010 g/mol. The molecule has 0 aliphatic carbocycles. The quantitative estimate of drug-likeness (QED) is 0.169. The van der Waals surface area contributed by atoms with Gasteiger partial charge in [-0.05, 0) is 240 Å². The van der Waals surface area contributed by atoms with Crippen molar-refractivity contribution in [3.05, 3.63) is 0 Å². The lowest BCUT2D eigenvalue weighted by Crippen LogP contribution is -2.52. The van der Waals surface area contributed by atoms with Crippen molar-refractivity contribution < 1.29 is 24.2 Å². The lowest BCUT2D eigenvalue weighted by molar-refractivity contribution is 0.0311. The predicted molar refractivity (Wildman–Crippen MR) is 288 cm³/mol. The minimum absolute atomic E-state index is 0. The van der Waals surface area contributed by atoms with Crippen LogP contribution in [0.5, 0.6) is 0 Å². The van der Waals surface area contributed by atoms with Gasteiger partial charge >= 0.3 is 12.2 Å². The lowest BCUT2D eigenvalue weighted by atomic mass is 9.83. The molecule has 0 spiro atoms. The molecule has 6 N–H and O–H groups in total. The number of hydrogen-bond acceptors (Lipinski definition) is 12. The topological polar surface area (TPSA) is 151 Å². The Kier molecular flexibility index (Phi) is 25.6. The number of hydrogen-bond donors (Lipinski definition) is 5. The zero-order valence-electron chi connectivity index (χ0n) is 45.5. The van der Waals surface area contributed by atoms with E-state index in [0.717, 1.165) is 81.8 Å². The molecule has 0 aromatic rings. The zero-order valence-corrected chi connectivity index (χ0v) is 46.3. The molecule has 0 bridgehead atoms. The van der Waals surface area contributed by atoms with Crippen molar-refractivity contribution in [2.45, 2.75) is 224 Å². The summed E-state index contributed by atoms with van der Waals surface area (Å²) in [5, 5.41) is 18.4. The van der Waals surface area contributed by atoms with E-state index in [0.29, 0.717) is 18.6 Å². The maximum atomic E-state index is 11.9. The molecule has 0 saturated carbocycles. The van der Waals surface area contributed by atoms with Crippen molar-refractivity contribution in [2.75, 3.05) is 98.2 Å². The number of alkyl carbamates (subject to hydrolysis) is 2. The van der Waals surface area contributed by atoms with Gasteiger partial charge in [-0.1, -0.05) is 19.3 Å². The molecular weight excluding hydrogens is 902 g/mol. The SMILES string of the molecule is CC(C)(C)OC(=O)NC1CCN(C[C@@H]2CCCN3CCCC[C@H]23)CC1.CC(C)(C)OC(=O)NC1CCNCC1.Cl.NC1CCN(C[C@@H]2CCCN3CCCC[C@H]23)CC1.OC[C@@H]1CCCN2CCCC[C@H]12. The molecule has 9 aliphatic heterocycles. The van der Waals surface area contributed by atoms with Gasteiger partial charge in [-0.25, -0.2) is 9.59 Å². The zero-order chi connectivity index (χ0) is 49.2. The summed E-state index contributed by atoms with van der Waals surface area (Å²) in [7, 11) is 0. The molecule has 9 saturated heterocycles. The number of likely N-dealkylation sites (tertiary alicyclic amines) is 2. The Morgan fingerprint density at radius 1 is 0.500 bits per heavy atom. The van der Waals surface area contributed by atoms with Gasteiger partial charge in [-0.2, -0.15) is 0 Å². The van der Waals surface area contributed by atoms with Crippen LogP contribution in [0.15, 0.2) is 0 Å². The van der Waals surface area contributed by atoms with E-state index in [2.05, 4.69) is 40.4 Å². The molecule has 2 amide bonds. The van der Waals surface area contributed by atoms with Crippen LogP contribution in [0.2, 0.25) is 0 Å². The van der Waals surface area contributed by atoms with Crippen LogP contribution in [0.1, 0.15) is 176 Å². The number of aliphatic hydroxyl groups is 1. The van der Waals surface area contributed by atoms with Gasteiger partial charge in [-0.15, -0.1) is 12.4 Å². The summed E-state index contributed by atoms with van der Waals surface area (Å²) in [6.45, 7) is 28.9. The van der Waals surface area contributed by atoms with E-state index in [1.54, 1.807) is 0 Å². The van der Waals surface area contributed by atoms with E-state index in [1.807, 2.05) is 41.5 Å². The number of halogens is 1. The molecule has 408 valence electrons. The molecule has 6 atom stereocenters. The second kappa shape index (κ2) is 30.2. The van der Waals surface area contributed by atoms with Crippen LogP contribution < -0.4 is 21.7 Å². The molecule has 9 aliphatic rings. The molecular formula is C55H106ClN9O5. The maximum absolute atomic E-state index is 11.9. The van der Waals surface area contributed by atoms with Crippen molar-refractivity contribution in [1.29, 1.82) is 0 Å². The van der Waals surface area contributed by atoms with E-state index in [1.165, 1.54) is 175 Å². The highest BCUT2D eigenvalue weighted by Gasteiger charge is 2.37. The second-order valence-corrected chi connectivity index (χ2v) is 24.7. The van der Waals surface area contributed by atoms with Gasteiger partial charge in [-0.3, -0.25) is 0 Å². The van der Waals surface area contributed by atoms with Crippen molar-refractivity contribution >= 4 is 24.6 Å². The Hall–Kier alpha value is -1.49. The minimum atomic E-state index is -0.419. The Balaban J connectivity index is 0.000000180. The van der Waals surface area contributed by atoms with Crippen LogP contribution in [0.25, 0.3) is 0 Å². The van der Waals surface area contributed by atoms with Crippen LogP contribution in [0, 0.1) is 17.8 Å². The molecule has 0 unspecified atom stereocenters. The van der Waals surface area contributed by atoms with Crippen LogP contribution >= 0.6 is 12.4 Å². The Morgan fingerprint density at radius 3 is 1.26 bits per heavy atom. The predicted octanol–water partition coefficient (Wildman–Crippen LogP) is 7.84. The molecule has 15 heteroatoms. The average Bonchev–Trinajstić information content (AvgIpc) is 3.33. The first-order chi connectivity index (χ1) is 33.1. The van der Waals surface area contributed by atoms with E-state index in [-0.39, 0.29) is 36.7 Å². The van der Waals surface area contributed by atoms with Crippen molar-refractivity contribution in [3.63, 3.8) is 0 Å². The number of carbonyl (C=O) groups excluding carboxylic acids is 2. The number of nitrogens with zero attached hydrogens (tertiary/aromatic N) is 5. The third-order valence-electron chi connectivity index (χ3n) is 16.9. The summed E-state index contributed by atoms with van der Waals surface area (Å²) in [6.07, 6.45) is 26.7. The largest absolute Gasteiger partial charge is 0.444 e. The van der Waals surface area contributed by atoms with Crippen molar-refractivity contribution in [1.82, 2.24) is 40.4 Å². The lowest BCUT2D eigenvalue weighted by Gasteiger charge is -2.46. The minimum Gasteiger partial charge on any atom is -0.444 e. The number of fused-ring (bicyclic) bond motifs is 3. The molecule has 0 aromatic carbocycles. The number of aliphatic hydroxyl groups excluding tert-OH is 1. The van der Waals surface area contributed by atoms with E-state index in [4.69, 9.17) is 15.2 Å². The standard InChI is InChI=1S/C20H37N3O2.C15H29N3.C10H20N2O2.C10H19NO.ClH/c1-20(2,3)25-19(24)21-17-9-13-22(14-10-17)15-16-7-6-12-23-11-5-4-8-18(16)23;16-14-6-10-17(11-7-14)12-13-4-3-9-18-8-2-1-5-15(13)18;1-10(2,3)14-9(13)12-8-4-6-11-7-5-8;12-8-9-4-3-7-11-6-2-1-5-10(9)11;/h16-18H,4-15H2,1-3H3,(H,21,24);13-15H,1-12,16H2;8,11H,4-7H2,1-3H3,(H,12,13);9-10,12H,1-8H2;1H/t16-,18+;13-,15+;;9-,10+;/m00.0./s1. The summed E-state index contributed by atoms with van der Waals surface area (Å²) in [5.74, 6) is 2.37. The Labute approximate surface area is 433 Å². The first-order valence-corrected chi connectivity index (χ1v) is 28.9. The fourth-order valence-corrected chi connectivity index (χ4v) is 13.3. The number of piperidine rings is 9. The van der Waals surface area contributed by atoms with Gasteiger partial charge in [0.2, 0.25) is 0 Å². The smallest absolute Gasteiger partial charge is 0.407 e.